The molecule has 0 amide bonds. The Labute approximate surface area is 65.0 Å². The summed E-state index contributed by atoms with van der Waals surface area (Å²) in [6, 6.07) is 0. The summed E-state index contributed by atoms with van der Waals surface area (Å²) < 4.78 is 10.7. The number of ether oxygens (including phenoxy) is 2. The highest BCUT2D eigenvalue weighted by molar-refractivity contribution is 5.97. The molecule has 1 fully saturated rings. The Morgan fingerprint density at radius 2 is 2.64 bits per heavy atom. The van der Waals surface area contributed by atoms with Crippen LogP contribution in [-0.2, 0) is 14.3 Å². The van der Waals surface area contributed by atoms with Crippen LogP contribution < -0.4 is 0 Å². The average Bonchev–Trinajstić information content (AvgIpc) is 2.39. The molecule has 0 radical (unpaired) electrons. The standard InChI is InChI=1S/C8H10O3/c1-2-8-7(9)4-3-6(11-8)5-10-8/h3-4,6H,2,5H2,1H3/t6-,8+/m0/s1. The number of ketones is 1. The Morgan fingerprint density at radius 3 is 3.27 bits per heavy atom. The Morgan fingerprint density at radius 1 is 1.82 bits per heavy atom. The zero-order valence-corrected chi connectivity index (χ0v) is 6.37. The largest absolute Gasteiger partial charge is 0.340 e. The van der Waals surface area contributed by atoms with Crippen LogP contribution in [0, 0.1) is 0 Å². The molecule has 0 spiro atoms. The lowest BCUT2D eigenvalue weighted by atomic mass is 10.1. The third-order valence-electron chi connectivity index (χ3n) is 2.13. The second-order valence-electron chi connectivity index (χ2n) is 2.80. The van der Waals surface area contributed by atoms with E-state index in [2.05, 4.69) is 0 Å². The summed E-state index contributed by atoms with van der Waals surface area (Å²) in [6.45, 7) is 2.40. The molecule has 0 aliphatic carbocycles. The molecule has 11 heavy (non-hydrogen) atoms. The first-order valence-electron chi connectivity index (χ1n) is 3.81. The van der Waals surface area contributed by atoms with E-state index in [0.717, 1.165) is 0 Å². The normalized spacial score (nSPS) is 41.5. The van der Waals surface area contributed by atoms with Crippen molar-refractivity contribution in [3.05, 3.63) is 12.2 Å². The van der Waals surface area contributed by atoms with Crippen LogP contribution in [0.1, 0.15) is 13.3 Å². The van der Waals surface area contributed by atoms with E-state index < -0.39 is 5.79 Å². The van der Waals surface area contributed by atoms with Crippen molar-refractivity contribution < 1.29 is 14.3 Å². The average molecular weight is 154 g/mol. The first kappa shape index (κ1) is 7.00. The van der Waals surface area contributed by atoms with Gasteiger partial charge in [-0.05, 0) is 12.2 Å². The molecular weight excluding hydrogens is 144 g/mol. The molecule has 0 unspecified atom stereocenters. The minimum absolute atomic E-state index is 0.00681. The van der Waals surface area contributed by atoms with E-state index in [1.54, 1.807) is 12.2 Å². The Balaban J connectivity index is 2.34. The molecule has 60 valence electrons. The molecule has 2 rings (SSSR count). The third-order valence-corrected chi connectivity index (χ3v) is 2.13. The van der Waals surface area contributed by atoms with Crippen LogP contribution in [0.4, 0.5) is 0 Å². The van der Waals surface area contributed by atoms with E-state index in [9.17, 15) is 4.79 Å². The van der Waals surface area contributed by atoms with Crippen LogP contribution in [-0.4, -0.2) is 24.3 Å². The fraction of sp³-hybridized carbons (Fsp3) is 0.625. The molecule has 2 bridgehead atoms. The van der Waals surface area contributed by atoms with Gasteiger partial charge in [0.05, 0.1) is 6.61 Å². The lowest BCUT2D eigenvalue weighted by Gasteiger charge is -2.25. The number of hydrogen-bond acceptors (Lipinski definition) is 3. The summed E-state index contributed by atoms with van der Waals surface area (Å²) in [6.07, 6.45) is 3.90. The van der Waals surface area contributed by atoms with Crippen LogP contribution in [0.2, 0.25) is 0 Å². The Bertz CT molecular complexity index is 221. The molecular formula is C8H10O3. The lowest BCUT2D eigenvalue weighted by Crippen LogP contribution is -2.40. The molecule has 2 aliphatic heterocycles. The number of hydrogen-bond donors (Lipinski definition) is 0. The molecule has 0 N–H and O–H groups in total. The Hall–Kier alpha value is -0.670. The van der Waals surface area contributed by atoms with E-state index in [1.807, 2.05) is 6.92 Å². The van der Waals surface area contributed by atoms with Crippen LogP contribution in [0.15, 0.2) is 12.2 Å². The molecule has 0 saturated carbocycles. The highest BCUT2D eigenvalue weighted by Gasteiger charge is 2.47. The Kier molecular flexibility index (Phi) is 1.37. The van der Waals surface area contributed by atoms with Gasteiger partial charge >= 0.3 is 0 Å². The van der Waals surface area contributed by atoms with Gasteiger partial charge in [0, 0.05) is 6.42 Å². The van der Waals surface area contributed by atoms with Crippen molar-refractivity contribution in [1.82, 2.24) is 0 Å². The van der Waals surface area contributed by atoms with E-state index in [1.165, 1.54) is 0 Å². The number of carbonyl (C=O) groups is 1. The zero-order valence-electron chi connectivity index (χ0n) is 6.37. The van der Waals surface area contributed by atoms with Crippen molar-refractivity contribution >= 4 is 5.78 Å². The van der Waals surface area contributed by atoms with E-state index in [4.69, 9.17) is 9.47 Å². The van der Waals surface area contributed by atoms with Crippen LogP contribution in [0.5, 0.6) is 0 Å². The van der Waals surface area contributed by atoms with Crippen molar-refractivity contribution in [2.24, 2.45) is 0 Å². The van der Waals surface area contributed by atoms with Crippen molar-refractivity contribution in [2.75, 3.05) is 6.61 Å². The van der Waals surface area contributed by atoms with E-state index in [-0.39, 0.29) is 11.9 Å². The quantitative estimate of drug-likeness (QED) is 0.556. The van der Waals surface area contributed by atoms with Crippen LogP contribution >= 0.6 is 0 Å². The molecule has 2 heterocycles. The summed E-state index contributed by atoms with van der Waals surface area (Å²) in [5.41, 5.74) is 0. The molecule has 0 aromatic rings. The second-order valence-corrected chi connectivity index (χ2v) is 2.80. The monoisotopic (exact) mass is 154 g/mol. The SMILES string of the molecule is CC[C@]12OC[C@H](C=CC1=O)O2. The minimum atomic E-state index is -0.931. The molecule has 1 saturated heterocycles. The lowest BCUT2D eigenvalue weighted by molar-refractivity contribution is -0.181. The van der Waals surface area contributed by atoms with Gasteiger partial charge < -0.3 is 9.47 Å². The summed E-state index contributed by atoms with van der Waals surface area (Å²) in [7, 11) is 0. The maximum atomic E-state index is 11.3. The second kappa shape index (κ2) is 2.16. The first-order chi connectivity index (χ1) is 5.27. The van der Waals surface area contributed by atoms with Gasteiger partial charge in [-0.2, -0.15) is 0 Å². The molecule has 2 aliphatic rings. The number of carbonyl (C=O) groups excluding carboxylic acids is 1. The smallest absolute Gasteiger partial charge is 0.233 e. The van der Waals surface area contributed by atoms with Crippen molar-refractivity contribution in [3.8, 4) is 0 Å². The maximum absolute atomic E-state index is 11.3. The van der Waals surface area contributed by atoms with Crippen molar-refractivity contribution in [1.29, 1.82) is 0 Å². The van der Waals surface area contributed by atoms with Gasteiger partial charge in [0.2, 0.25) is 11.6 Å². The maximum Gasteiger partial charge on any atom is 0.233 e. The minimum Gasteiger partial charge on any atom is -0.340 e. The van der Waals surface area contributed by atoms with Gasteiger partial charge in [-0.3, -0.25) is 4.79 Å². The van der Waals surface area contributed by atoms with Gasteiger partial charge in [0.1, 0.15) is 6.10 Å². The predicted octanol–water partition coefficient (Wildman–Crippen LogP) is 0.647. The third kappa shape index (κ3) is 0.847. The first-order valence-corrected chi connectivity index (χ1v) is 3.81. The topological polar surface area (TPSA) is 35.5 Å². The molecule has 3 nitrogen and oxygen atoms in total. The van der Waals surface area contributed by atoms with Crippen LogP contribution in [0.3, 0.4) is 0 Å². The predicted molar refractivity (Wildman–Crippen MR) is 38.0 cm³/mol. The van der Waals surface area contributed by atoms with Gasteiger partial charge in [-0.15, -0.1) is 0 Å². The molecule has 0 aromatic carbocycles. The summed E-state index contributed by atoms with van der Waals surface area (Å²) in [5.74, 6) is -0.992. The van der Waals surface area contributed by atoms with Crippen molar-refractivity contribution in [2.45, 2.75) is 25.2 Å². The number of fused-ring (bicyclic) bond motifs is 2. The summed E-state index contributed by atoms with van der Waals surface area (Å²) >= 11 is 0. The van der Waals surface area contributed by atoms with E-state index in [0.29, 0.717) is 13.0 Å². The highest BCUT2D eigenvalue weighted by Crippen LogP contribution is 2.32. The van der Waals surface area contributed by atoms with Gasteiger partial charge in [0.25, 0.3) is 0 Å². The fourth-order valence-corrected chi connectivity index (χ4v) is 1.43. The zero-order chi connectivity index (χ0) is 7.90. The van der Waals surface area contributed by atoms with Gasteiger partial charge in [-0.25, -0.2) is 0 Å². The van der Waals surface area contributed by atoms with Crippen LogP contribution in [0.25, 0.3) is 0 Å². The summed E-state index contributed by atoms with van der Waals surface area (Å²) in [5, 5.41) is 0. The van der Waals surface area contributed by atoms with E-state index >= 15 is 0 Å². The van der Waals surface area contributed by atoms with Crippen molar-refractivity contribution in [3.63, 3.8) is 0 Å². The highest BCUT2D eigenvalue weighted by atomic mass is 16.7. The fourth-order valence-electron chi connectivity index (χ4n) is 1.43. The van der Waals surface area contributed by atoms with Gasteiger partial charge in [-0.1, -0.05) is 6.92 Å². The van der Waals surface area contributed by atoms with Gasteiger partial charge in [0.15, 0.2) is 0 Å². The number of rotatable bonds is 1. The molecule has 0 aromatic heterocycles. The molecule has 2 atom stereocenters. The molecule has 3 heteroatoms. The summed E-state index contributed by atoms with van der Waals surface area (Å²) in [4.78, 5) is 11.3.